The zero-order chi connectivity index (χ0) is 13.2. The summed E-state index contributed by atoms with van der Waals surface area (Å²) in [6.45, 7) is 8.69. The number of carbonyl (C=O) groups excluding carboxylic acids is 1. The van der Waals surface area contributed by atoms with Crippen molar-refractivity contribution in [3.63, 3.8) is 0 Å². The number of hydrogen-bond acceptors (Lipinski definition) is 1. The van der Waals surface area contributed by atoms with Crippen LogP contribution in [0.4, 0.5) is 0 Å². The van der Waals surface area contributed by atoms with Crippen molar-refractivity contribution in [2.75, 3.05) is 0 Å². The first-order chi connectivity index (χ1) is 8.20. The zero-order valence-electron chi connectivity index (χ0n) is 12.3. The number of nitrogens with one attached hydrogen (secondary N) is 1. The van der Waals surface area contributed by atoms with E-state index in [0.29, 0.717) is 11.3 Å². The monoisotopic (exact) mass is 249 g/mol. The molecule has 4 saturated carbocycles. The highest BCUT2D eigenvalue weighted by atomic mass is 16.2. The van der Waals surface area contributed by atoms with Crippen LogP contribution in [0.5, 0.6) is 0 Å². The molecule has 2 nitrogen and oxygen atoms in total. The largest absolute Gasteiger partial charge is 0.351 e. The molecule has 0 spiro atoms. The average molecular weight is 249 g/mol. The fourth-order valence-corrected chi connectivity index (χ4v) is 5.46. The van der Waals surface area contributed by atoms with Crippen LogP contribution in [0, 0.1) is 22.7 Å². The SMILES string of the molecule is CC12CC3CC(C1)CC(C(=O)NC(C)(C)C)(C3)C2. The molecule has 0 radical (unpaired) electrons. The van der Waals surface area contributed by atoms with E-state index < -0.39 is 0 Å². The van der Waals surface area contributed by atoms with Crippen LogP contribution in [-0.4, -0.2) is 11.4 Å². The van der Waals surface area contributed by atoms with Gasteiger partial charge in [-0.15, -0.1) is 0 Å². The van der Waals surface area contributed by atoms with Crippen molar-refractivity contribution >= 4 is 5.91 Å². The molecule has 2 heteroatoms. The standard InChI is InChI=1S/C16H27NO/c1-14(2,3)17-13(18)16-8-11-5-12(9-16)7-15(4,6-11)10-16/h11-12H,5-10H2,1-4H3,(H,17,18). The summed E-state index contributed by atoms with van der Waals surface area (Å²) >= 11 is 0. The number of hydrogen-bond donors (Lipinski definition) is 1. The van der Waals surface area contributed by atoms with Crippen molar-refractivity contribution < 1.29 is 4.79 Å². The van der Waals surface area contributed by atoms with Crippen LogP contribution in [-0.2, 0) is 4.79 Å². The second-order valence-electron chi connectivity index (χ2n) is 8.76. The fourth-order valence-electron chi connectivity index (χ4n) is 5.46. The molecule has 0 heterocycles. The Balaban J connectivity index is 1.85. The Hall–Kier alpha value is -0.530. The minimum absolute atomic E-state index is 0.0217. The van der Waals surface area contributed by atoms with E-state index in [2.05, 4.69) is 33.0 Å². The van der Waals surface area contributed by atoms with Crippen LogP contribution < -0.4 is 5.32 Å². The second kappa shape index (κ2) is 3.52. The molecule has 0 aromatic carbocycles. The van der Waals surface area contributed by atoms with E-state index in [0.717, 1.165) is 31.1 Å². The van der Waals surface area contributed by atoms with Crippen LogP contribution in [0.15, 0.2) is 0 Å². The molecule has 1 amide bonds. The molecule has 4 aliphatic rings. The van der Waals surface area contributed by atoms with Crippen molar-refractivity contribution in [1.82, 2.24) is 5.32 Å². The Morgan fingerprint density at radius 2 is 1.67 bits per heavy atom. The van der Waals surface area contributed by atoms with E-state index in [9.17, 15) is 4.79 Å². The Morgan fingerprint density at radius 1 is 1.11 bits per heavy atom. The van der Waals surface area contributed by atoms with Crippen LogP contribution in [0.1, 0.15) is 66.2 Å². The summed E-state index contributed by atoms with van der Waals surface area (Å²) in [5.41, 5.74) is 0.340. The summed E-state index contributed by atoms with van der Waals surface area (Å²) in [4.78, 5) is 12.7. The Bertz CT molecular complexity index is 365. The zero-order valence-corrected chi connectivity index (χ0v) is 12.3. The lowest BCUT2D eigenvalue weighted by Crippen LogP contribution is -2.59. The molecule has 4 rings (SSSR count). The van der Waals surface area contributed by atoms with Crippen LogP contribution in [0.2, 0.25) is 0 Å². The van der Waals surface area contributed by atoms with Crippen molar-refractivity contribution in [2.24, 2.45) is 22.7 Å². The van der Waals surface area contributed by atoms with E-state index >= 15 is 0 Å². The fraction of sp³-hybridized carbons (Fsp3) is 0.938. The van der Waals surface area contributed by atoms with Crippen molar-refractivity contribution in [3.05, 3.63) is 0 Å². The van der Waals surface area contributed by atoms with Crippen molar-refractivity contribution in [1.29, 1.82) is 0 Å². The maximum Gasteiger partial charge on any atom is 0.226 e. The number of rotatable bonds is 1. The lowest BCUT2D eigenvalue weighted by atomic mass is 9.44. The molecule has 102 valence electrons. The van der Waals surface area contributed by atoms with Gasteiger partial charge in [-0.25, -0.2) is 0 Å². The minimum atomic E-state index is -0.0959. The van der Waals surface area contributed by atoms with Gasteiger partial charge in [0.25, 0.3) is 0 Å². The second-order valence-corrected chi connectivity index (χ2v) is 8.76. The van der Waals surface area contributed by atoms with Crippen molar-refractivity contribution in [3.8, 4) is 0 Å². The first kappa shape index (κ1) is 12.5. The summed E-state index contributed by atoms with van der Waals surface area (Å²) in [6, 6.07) is 0. The van der Waals surface area contributed by atoms with Gasteiger partial charge in [-0.1, -0.05) is 6.92 Å². The molecule has 2 unspecified atom stereocenters. The van der Waals surface area contributed by atoms with E-state index in [1.165, 1.54) is 19.3 Å². The third-order valence-corrected chi connectivity index (χ3v) is 5.32. The predicted molar refractivity (Wildman–Crippen MR) is 73.1 cm³/mol. The van der Waals surface area contributed by atoms with E-state index in [1.54, 1.807) is 0 Å². The van der Waals surface area contributed by atoms with Crippen LogP contribution >= 0.6 is 0 Å². The highest BCUT2D eigenvalue weighted by Gasteiger charge is 2.58. The molecule has 2 atom stereocenters. The third-order valence-electron chi connectivity index (χ3n) is 5.32. The van der Waals surface area contributed by atoms with Gasteiger partial charge in [0.1, 0.15) is 0 Å². The van der Waals surface area contributed by atoms with Gasteiger partial charge in [0.2, 0.25) is 5.91 Å². The molecule has 4 bridgehead atoms. The first-order valence-electron chi connectivity index (χ1n) is 7.52. The minimum Gasteiger partial charge on any atom is -0.351 e. The van der Waals surface area contributed by atoms with Gasteiger partial charge in [-0.2, -0.15) is 0 Å². The lowest BCUT2D eigenvalue weighted by molar-refractivity contribution is -0.156. The quantitative estimate of drug-likeness (QED) is 0.757. The van der Waals surface area contributed by atoms with E-state index in [4.69, 9.17) is 0 Å². The average Bonchev–Trinajstić information content (AvgIpc) is 2.09. The summed E-state index contributed by atoms with van der Waals surface area (Å²) < 4.78 is 0. The number of carbonyl (C=O) groups is 1. The Morgan fingerprint density at radius 3 is 2.11 bits per heavy atom. The van der Waals surface area contributed by atoms with Gasteiger partial charge in [0, 0.05) is 5.54 Å². The molecule has 0 aliphatic heterocycles. The van der Waals surface area contributed by atoms with Gasteiger partial charge in [-0.05, 0) is 76.5 Å². The summed E-state index contributed by atoms with van der Waals surface area (Å²) in [5, 5.41) is 3.25. The molecule has 0 aromatic rings. The molecule has 0 aromatic heterocycles. The van der Waals surface area contributed by atoms with Gasteiger partial charge in [0.15, 0.2) is 0 Å². The van der Waals surface area contributed by atoms with E-state index in [-0.39, 0.29) is 11.0 Å². The van der Waals surface area contributed by atoms with Gasteiger partial charge in [-0.3, -0.25) is 4.79 Å². The van der Waals surface area contributed by atoms with E-state index in [1.807, 2.05) is 0 Å². The molecule has 4 fully saturated rings. The van der Waals surface area contributed by atoms with Crippen LogP contribution in [0.25, 0.3) is 0 Å². The molecular formula is C16H27NO. The molecule has 0 saturated heterocycles. The Kier molecular flexibility index (Phi) is 2.44. The summed E-state index contributed by atoms with van der Waals surface area (Å²) in [7, 11) is 0. The number of amides is 1. The molecular weight excluding hydrogens is 222 g/mol. The highest BCUT2D eigenvalue weighted by molar-refractivity contribution is 5.83. The normalized spacial score (nSPS) is 46.2. The smallest absolute Gasteiger partial charge is 0.226 e. The topological polar surface area (TPSA) is 29.1 Å². The Labute approximate surface area is 111 Å². The lowest BCUT2D eigenvalue weighted by Gasteiger charge is -2.60. The third kappa shape index (κ3) is 1.98. The van der Waals surface area contributed by atoms with Crippen LogP contribution in [0.3, 0.4) is 0 Å². The molecule has 4 aliphatic carbocycles. The van der Waals surface area contributed by atoms with Gasteiger partial charge < -0.3 is 5.32 Å². The summed E-state index contributed by atoms with van der Waals surface area (Å²) in [6.07, 6.45) is 7.57. The molecule has 18 heavy (non-hydrogen) atoms. The van der Waals surface area contributed by atoms with Gasteiger partial charge >= 0.3 is 0 Å². The molecule has 1 N–H and O–H groups in total. The van der Waals surface area contributed by atoms with Crippen molar-refractivity contribution in [2.45, 2.75) is 71.8 Å². The predicted octanol–water partition coefficient (Wildman–Crippen LogP) is 3.51. The summed E-state index contributed by atoms with van der Waals surface area (Å²) in [5.74, 6) is 1.99. The maximum absolute atomic E-state index is 12.7. The highest BCUT2D eigenvalue weighted by Crippen LogP contribution is 2.65. The van der Waals surface area contributed by atoms with Gasteiger partial charge in [0.05, 0.1) is 5.41 Å². The maximum atomic E-state index is 12.7. The first-order valence-corrected chi connectivity index (χ1v) is 7.52.